The summed E-state index contributed by atoms with van der Waals surface area (Å²) in [5, 5.41) is 14.3. The smallest absolute Gasteiger partial charge is 0.408 e. The van der Waals surface area contributed by atoms with Gasteiger partial charge in [-0.3, -0.25) is 9.59 Å². The summed E-state index contributed by atoms with van der Waals surface area (Å²) in [4.78, 5) is 42.7. The molecule has 9 nitrogen and oxygen atoms in total. The molecule has 0 radical (unpaired) electrons. The Hall–Kier alpha value is -5.34. The molecule has 0 saturated heterocycles. The number of carbonyl (C=O) groups excluding carboxylic acids is 1. The molecule has 2 atom stereocenters. The first-order chi connectivity index (χ1) is 21.6. The number of carbonyl (C=O) groups is 2. The highest BCUT2D eigenvalue weighted by molar-refractivity contribution is 5.97. The Kier molecular flexibility index (Phi) is 8.28. The van der Waals surface area contributed by atoms with Gasteiger partial charge in [0, 0.05) is 48.2 Å². The van der Waals surface area contributed by atoms with E-state index in [1.165, 1.54) is 51.7 Å². The van der Waals surface area contributed by atoms with Gasteiger partial charge in [-0.1, -0.05) is 0 Å². The van der Waals surface area contributed by atoms with Crippen molar-refractivity contribution >= 4 is 34.1 Å². The molecule has 3 heterocycles. The fraction of sp³-hybridized carbons (Fsp3) is 0.226. The number of pyridine rings is 2. The number of carboxylic acid groups (broad SMARTS) is 1. The Morgan fingerprint density at radius 2 is 1.72 bits per heavy atom. The first kappa shape index (κ1) is 32.1. The van der Waals surface area contributed by atoms with Crippen molar-refractivity contribution in [3.63, 3.8) is 0 Å². The van der Waals surface area contributed by atoms with Crippen LogP contribution in [0.2, 0.25) is 0 Å². The average molecular weight is 646 g/mol. The molecule has 0 unspecified atom stereocenters. The van der Waals surface area contributed by atoms with E-state index in [0.717, 1.165) is 6.92 Å². The van der Waals surface area contributed by atoms with Crippen molar-refractivity contribution in [2.45, 2.75) is 38.5 Å². The zero-order valence-corrected chi connectivity index (χ0v) is 24.3. The number of aliphatic carboxylic acids is 1. The number of fused-ring (bicyclic) bond motifs is 2. The lowest BCUT2D eigenvalue weighted by atomic mass is 9.98. The van der Waals surface area contributed by atoms with Gasteiger partial charge in [-0.2, -0.15) is 13.2 Å². The maximum Gasteiger partial charge on any atom is 0.408 e. The van der Waals surface area contributed by atoms with Crippen LogP contribution >= 0.6 is 0 Å². The summed E-state index contributed by atoms with van der Waals surface area (Å²) >= 11 is 0. The summed E-state index contributed by atoms with van der Waals surface area (Å²) in [7, 11) is 1.54. The van der Waals surface area contributed by atoms with Crippen molar-refractivity contribution in [1.82, 2.24) is 19.3 Å². The SMILES string of the molecule is Cc1c(-c2ccc(C[C@H](NC(=O)c3c(F)cc(N[C@H](C)C(F)(F)F)cc3F)C(=O)O)n3ccnc23)c(=O)n(C)c2ccc(F)cc12. The Bertz CT molecular complexity index is 2070. The summed E-state index contributed by atoms with van der Waals surface area (Å²) in [5.41, 5.74) is -0.00455. The summed E-state index contributed by atoms with van der Waals surface area (Å²) in [6, 6.07) is 4.19. The van der Waals surface area contributed by atoms with Crippen LogP contribution in [0.3, 0.4) is 0 Å². The van der Waals surface area contributed by atoms with E-state index >= 15 is 0 Å². The van der Waals surface area contributed by atoms with E-state index in [0.29, 0.717) is 34.2 Å². The quantitative estimate of drug-likeness (QED) is 0.196. The molecule has 0 spiro atoms. The number of nitrogens with zero attached hydrogens (tertiary/aromatic N) is 3. The highest BCUT2D eigenvalue weighted by Gasteiger charge is 2.36. The predicted molar refractivity (Wildman–Crippen MR) is 156 cm³/mol. The lowest BCUT2D eigenvalue weighted by molar-refractivity contribution is -0.139. The Balaban J connectivity index is 1.46. The summed E-state index contributed by atoms with van der Waals surface area (Å²) in [6.45, 7) is 2.40. The minimum Gasteiger partial charge on any atom is -0.480 e. The number of amides is 1. The van der Waals surface area contributed by atoms with Crippen LogP contribution in [0.4, 0.5) is 32.0 Å². The number of halogens is 6. The van der Waals surface area contributed by atoms with Crippen molar-refractivity contribution in [1.29, 1.82) is 0 Å². The van der Waals surface area contributed by atoms with Gasteiger partial charge in [0.2, 0.25) is 0 Å². The predicted octanol–water partition coefficient (Wildman–Crippen LogP) is 5.37. The van der Waals surface area contributed by atoms with Crippen LogP contribution in [0.1, 0.15) is 28.5 Å². The number of aryl methyl sites for hydroxylation is 2. The fourth-order valence-corrected chi connectivity index (χ4v) is 5.27. The molecule has 1 amide bonds. The molecule has 5 aromatic rings. The molecule has 0 aliphatic carbocycles. The maximum atomic E-state index is 14.7. The molecule has 2 aromatic carbocycles. The standard InChI is InChI=1S/C31H25F6N5O4/c1-14-20-10-16(32)4-7-24(20)41(3)29(44)25(14)19-6-5-18(42-9-8-38-27(19)42)13-23(30(45)46)40-28(43)26-21(33)11-17(12-22(26)34)39-15(2)31(35,36)37/h4-12,15,23,39H,13H2,1-3H3,(H,40,43)(H,45,46)/t15-,23+/m1/s1. The number of benzene rings is 2. The average Bonchev–Trinajstić information content (AvgIpc) is 3.46. The zero-order chi connectivity index (χ0) is 33.7. The topological polar surface area (TPSA) is 118 Å². The summed E-state index contributed by atoms with van der Waals surface area (Å²) in [5.74, 6) is -6.50. The molecule has 3 aromatic heterocycles. The minimum atomic E-state index is -4.71. The number of rotatable bonds is 8. The number of aromatic nitrogens is 3. The van der Waals surface area contributed by atoms with Crippen molar-refractivity contribution < 1.29 is 41.0 Å². The lowest BCUT2D eigenvalue weighted by Gasteiger charge is -2.20. The minimum absolute atomic E-state index is 0.236. The van der Waals surface area contributed by atoms with Gasteiger partial charge in [-0.25, -0.2) is 22.9 Å². The van der Waals surface area contributed by atoms with Gasteiger partial charge >= 0.3 is 12.1 Å². The highest BCUT2D eigenvalue weighted by atomic mass is 19.4. The number of nitrogens with one attached hydrogen (secondary N) is 2. The van der Waals surface area contributed by atoms with Gasteiger partial charge in [0.05, 0.1) is 11.1 Å². The molecular weight excluding hydrogens is 620 g/mol. The molecule has 0 aliphatic rings. The Morgan fingerprint density at radius 3 is 2.35 bits per heavy atom. The second kappa shape index (κ2) is 11.9. The van der Waals surface area contributed by atoms with Crippen LogP contribution in [0, 0.1) is 24.4 Å². The van der Waals surface area contributed by atoms with Gasteiger partial charge in [0.15, 0.2) is 0 Å². The third-order valence-electron chi connectivity index (χ3n) is 7.68. The number of imidazole rings is 1. The van der Waals surface area contributed by atoms with E-state index in [4.69, 9.17) is 0 Å². The number of anilines is 1. The third-order valence-corrected chi connectivity index (χ3v) is 7.68. The van der Waals surface area contributed by atoms with Crippen LogP contribution in [0.15, 0.2) is 59.7 Å². The van der Waals surface area contributed by atoms with E-state index in [1.807, 2.05) is 5.32 Å². The zero-order valence-electron chi connectivity index (χ0n) is 24.3. The van der Waals surface area contributed by atoms with Crippen LogP contribution in [0.5, 0.6) is 0 Å². The molecule has 5 rings (SSSR count). The van der Waals surface area contributed by atoms with E-state index in [1.54, 1.807) is 14.0 Å². The van der Waals surface area contributed by atoms with Crippen LogP contribution < -0.4 is 16.2 Å². The van der Waals surface area contributed by atoms with E-state index in [9.17, 15) is 45.8 Å². The number of hydrogen-bond donors (Lipinski definition) is 3. The van der Waals surface area contributed by atoms with Crippen molar-refractivity contribution in [2.24, 2.45) is 7.05 Å². The monoisotopic (exact) mass is 645 g/mol. The molecule has 0 saturated carbocycles. The summed E-state index contributed by atoms with van der Waals surface area (Å²) in [6.07, 6.45) is -2.22. The lowest BCUT2D eigenvalue weighted by Crippen LogP contribution is -2.43. The van der Waals surface area contributed by atoms with E-state index < -0.39 is 65.3 Å². The molecule has 0 bridgehead atoms. The molecule has 240 valence electrons. The number of alkyl halides is 3. The van der Waals surface area contributed by atoms with E-state index in [2.05, 4.69) is 10.3 Å². The van der Waals surface area contributed by atoms with Crippen LogP contribution in [-0.4, -0.2) is 49.2 Å². The number of hydrogen-bond acceptors (Lipinski definition) is 5. The van der Waals surface area contributed by atoms with Gasteiger partial charge in [-0.15, -0.1) is 0 Å². The highest BCUT2D eigenvalue weighted by Crippen LogP contribution is 2.30. The van der Waals surface area contributed by atoms with Gasteiger partial charge in [-0.05, 0) is 61.9 Å². The fourth-order valence-electron chi connectivity index (χ4n) is 5.27. The second-order valence-electron chi connectivity index (χ2n) is 10.7. The summed E-state index contributed by atoms with van der Waals surface area (Å²) < 4.78 is 85.0. The van der Waals surface area contributed by atoms with Crippen LogP contribution in [0.25, 0.3) is 27.7 Å². The van der Waals surface area contributed by atoms with Crippen LogP contribution in [-0.2, 0) is 18.3 Å². The van der Waals surface area contributed by atoms with E-state index in [-0.39, 0.29) is 22.5 Å². The molecule has 0 fully saturated rings. The van der Waals surface area contributed by atoms with Gasteiger partial charge in [0.1, 0.15) is 40.7 Å². The van der Waals surface area contributed by atoms with Gasteiger partial charge in [0.25, 0.3) is 11.5 Å². The first-order valence-electron chi connectivity index (χ1n) is 13.7. The molecular formula is C31H25F6N5O4. The van der Waals surface area contributed by atoms with Crippen molar-refractivity contribution in [3.05, 3.63) is 99.5 Å². The number of carboxylic acids is 1. The molecule has 46 heavy (non-hydrogen) atoms. The largest absolute Gasteiger partial charge is 0.480 e. The normalized spacial score (nSPS) is 13.2. The Labute approximate surface area is 256 Å². The van der Waals surface area contributed by atoms with Crippen molar-refractivity contribution in [3.8, 4) is 11.1 Å². The molecule has 0 aliphatic heterocycles. The molecule has 15 heteroatoms. The Morgan fingerprint density at radius 1 is 1.04 bits per heavy atom. The third kappa shape index (κ3) is 5.87. The first-order valence-corrected chi connectivity index (χ1v) is 13.7. The maximum absolute atomic E-state index is 14.7. The second-order valence-corrected chi connectivity index (χ2v) is 10.7. The van der Waals surface area contributed by atoms with Gasteiger partial charge < -0.3 is 24.7 Å². The molecule has 3 N–H and O–H groups in total. The van der Waals surface area contributed by atoms with Crippen molar-refractivity contribution in [2.75, 3.05) is 5.32 Å².